The van der Waals surface area contributed by atoms with Crippen LogP contribution >= 0.6 is 0 Å². The van der Waals surface area contributed by atoms with E-state index in [1.54, 1.807) is 12.1 Å². The fourth-order valence-corrected chi connectivity index (χ4v) is 3.76. The van der Waals surface area contributed by atoms with Crippen molar-refractivity contribution in [3.63, 3.8) is 0 Å². The highest BCUT2D eigenvalue weighted by Gasteiger charge is 2.30. The fourth-order valence-electron chi connectivity index (χ4n) is 3.76. The van der Waals surface area contributed by atoms with Crippen LogP contribution < -0.4 is 14.8 Å². The molecular formula is C28H33F3N4O3. The first kappa shape index (κ1) is 28.7. The van der Waals surface area contributed by atoms with Crippen LogP contribution in [0, 0.1) is 5.92 Å². The van der Waals surface area contributed by atoms with Gasteiger partial charge in [0.1, 0.15) is 12.3 Å². The lowest BCUT2D eigenvalue weighted by Crippen LogP contribution is -2.24. The van der Waals surface area contributed by atoms with Crippen LogP contribution in [0.25, 0.3) is 5.69 Å². The Kier molecular flexibility index (Phi) is 9.92. The van der Waals surface area contributed by atoms with Gasteiger partial charge < -0.3 is 14.8 Å². The highest BCUT2D eigenvalue weighted by molar-refractivity contribution is 5.76. The molecule has 2 aromatic carbocycles. The van der Waals surface area contributed by atoms with E-state index in [1.165, 1.54) is 35.7 Å². The monoisotopic (exact) mass is 530 g/mol. The number of ether oxygens (including phenoxy) is 2. The van der Waals surface area contributed by atoms with Crippen molar-refractivity contribution in [2.45, 2.75) is 59.4 Å². The summed E-state index contributed by atoms with van der Waals surface area (Å²) in [5.41, 5.74) is 2.04. The number of benzene rings is 2. The Bertz CT molecular complexity index is 1250. The molecule has 38 heavy (non-hydrogen) atoms. The van der Waals surface area contributed by atoms with Crippen molar-refractivity contribution < 1.29 is 27.4 Å². The average molecular weight is 531 g/mol. The SMILES string of the molecule is COc1cc(CNC(=O)C[C@H](C)CCC=C(C)C)ccc1OCc1cn(-c2cccc(C(F)(F)F)c2)nn1. The van der Waals surface area contributed by atoms with Gasteiger partial charge in [-0.25, -0.2) is 4.68 Å². The summed E-state index contributed by atoms with van der Waals surface area (Å²) in [5, 5.41) is 10.8. The number of nitrogens with zero attached hydrogens (tertiary/aromatic N) is 3. The molecule has 1 amide bonds. The molecule has 1 heterocycles. The molecular weight excluding hydrogens is 497 g/mol. The number of halogens is 3. The van der Waals surface area contributed by atoms with Crippen LogP contribution in [0.2, 0.25) is 0 Å². The number of carbonyl (C=O) groups excluding carboxylic acids is 1. The summed E-state index contributed by atoms with van der Waals surface area (Å²) in [6.45, 7) is 6.61. The lowest BCUT2D eigenvalue weighted by Gasteiger charge is -2.13. The van der Waals surface area contributed by atoms with Crippen molar-refractivity contribution in [1.82, 2.24) is 20.3 Å². The summed E-state index contributed by atoms with van der Waals surface area (Å²) in [6.07, 6.45) is 1.65. The van der Waals surface area contributed by atoms with E-state index in [-0.39, 0.29) is 18.2 Å². The van der Waals surface area contributed by atoms with Gasteiger partial charge in [0.05, 0.1) is 24.6 Å². The normalized spacial score (nSPS) is 12.1. The average Bonchev–Trinajstić information content (AvgIpc) is 3.35. The molecule has 204 valence electrons. The molecule has 1 aromatic heterocycles. The Morgan fingerprint density at radius 2 is 1.95 bits per heavy atom. The summed E-state index contributed by atoms with van der Waals surface area (Å²) >= 11 is 0. The van der Waals surface area contributed by atoms with Gasteiger partial charge in [-0.05, 0) is 68.5 Å². The number of aromatic nitrogens is 3. The summed E-state index contributed by atoms with van der Waals surface area (Å²) in [6, 6.07) is 10.2. The fraction of sp³-hybridized carbons (Fsp3) is 0.393. The van der Waals surface area contributed by atoms with Crippen molar-refractivity contribution in [2.24, 2.45) is 5.92 Å². The Hall–Kier alpha value is -3.82. The van der Waals surface area contributed by atoms with Crippen LogP contribution in [-0.2, 0) is 24.1 Å². The minimum atomic E-state index is -4.45. The quantitative estimate of drug-likeness (QED) is 0.280. The molecule has 0 spiro atoms. The van der Waals surface area contributed by atoms with E-state index >= 15 is 0 Å². The van der Waals surface area contributed by atoms with E-state index in [9.17, 15) is 18.0 Å². The van der Waals surface area contributed by atoms with Crippen molar-refractivity contribution in [2.75, 3.05) is 7.11 Å². The number of methoxy groups -OCH3 is 1. The van der Waals surface area contributed by atoms with Crippen molar-refractivity contribution in [3.8, 4) is 17.2 Å². The summed E-state index contributed by atoms with van der Waals surface area (Å²) in [7, 11) is 1.52. The Morgan fingerprint density at radius 3 is 2.66 bits per heavy atom. The van der Waals surface area contributed by atoms with Gasteiger partial charge in [0.2, 0.25) is 5.91 Å². The predicted octanol–water partition coefficient (Wildman–Crippen LogP) is 6.26. The zero-order valence-corrected chi connectivity index (χ0v) is 22.0. The number of allylic oxidation sites excluding steroid dienone is 2. The Labute approximate surface area is 220 Å². The first-order valence-corrected chi connectivity index (χ1v) is 12.3. The van der Waals surface area contributed by atoms with Crippen LogP contribution in [0.3, 0.4) is 0 Å². The standard InChI is InChI=1S/C28H33F3N4O3/c1-19(2)7-5-8-20(3)13-27(36)32-16-21-11-12-25(26(14-21)37-4)38-18-23-17-35(34-33-23)24-10-6-9-22(15-24)28(29,30)31/h6-7,9-12,14-15,17,20H,5,8,13,16,18H2,1-4H3,(H,32,36)/t20-/m1/s1. The zero-order valence-electron chi connectivity index (χ0n) is 22.0. The maximum absolute atomic E-state index is 13.0. The minimum absolute atomic E-state index is 0.00199. The van der Waals surface area contributed by atoms with Gasteiger partial charge in [-0.3, -0.25) is 4.79 Å². The molecule has 0 radical (unpaired) electrons. The molecule has 0 aliphatic heterocycles. The third-order valence-electron chi connectivity index (χ3n) is 5.82. The summed E-state index contributed by atoms with van der Waals surface area (Å²) in [4.78, 5) is 12.3. The van der Waals surface area contributed by atoms with Crippen LogP contribution in [0.15, 0.2) is 60.3 Å². The highest BCUT2D eigenvalue weighted by atomic mass is 19.4. The summed E-state index contributed by atoms with van der Waals surface area (Å²) < 4.78 is 51.5. The molecule has 3 aromatic rings. The molecule has 0 unspecified atom stereocenters. The third-order valence-corrected chi connectivity index (χ3v) is 5.82. The molecule has 1 N–H and O–H groups in total. The molecule has 0 bridgehead atoms. The first-order valence-electron chi connectivity index (χ1n) is 12.3. The molecule has 0 saturated heterocycles. The molecule has 0 aliphatic carbocycles. The van der Waals surface area contributed by atoms with Crippen LogP contribution in [-0.4, -0.2) is 28.0 Å². The number of carbonyl (C=O) groups is 1. The largest absolute Gasteiger partial charge is 0.493 e. The molecule has 0 aliphatic rings. The number of hydrogen-bond donors (Lipinski definition) is 1. The lowest BCUT2D eigenvalue weighted by molar-refractivity contribution is -0.137. The van der Waals surface area contributed by atoms with Crippen LogP contribution in [0.1, 0.15) is 56.9 Å². The molecule has 3 rings (SSSR count). The van der Waals surface area contributed by atoms with Crippen molar-refractivity contribution in [3.05, 3.63) is 77.1 Å². The molecule has 0 saturated carbocycles. The third kappa shape index (κ3) is 8.64. The highest BCUT2D eigenvalue weighted by Crippen LogP contribution is 2.31. The van der Waals surface area contributed by atoms with Gasteiger partial charge in [0.15, 0.2) is 11.5 Å². The molecule has 10 heteroatoms. The number of rotatable bonds is 12. The molecule has 7 nitrogen and oxygen atoms in total. The van der Waals surface area contributed by atoms with Crippen LogP contribution in [0.5, 0.6) is 11.5 Å². The van der Waals surface area contributed by atoms with E-state index in [0.29, 0.717) is 36.1 Å². The zero-order chi connectivity index (χ0) is 27.7. The first-order chi connectivity index (χ1) is 18.0. The number of amides is 1. The Morgan fingerprint density at radius 1 is 1.16 bits per heavy atom. The van der Waals surface area contributed by atoms with E-state index in [4.69, 9.17) is 9.47 Å². The second kappa shape index (κ2) is 13.1. The van der Waals surface area contributed by atoms with Gasteiger partial charge in [0, 0.05) is 13.0 Å². The number of nitrogens with one attached hydrogen (secondary N) is 1. The number of hydrogen-bond acceptors (Lipinski definition) is 5. The molecule has 1 atom stereocenters. The van der Waals surface area contributed by atoms with Gasteiger partial charge in [-0.15, -0.1) is 5.10 Å². The van der Waals surface area contributed by atoms with Crippen molar-refractivity contribution >= 4 is 5.91 Å². The molecule has 0 fully saturated rings. The smallest absolute Gasteiger partial charge is 0.416 e. The van der Waals surface area contributed by atoms with Gasteiger partial charge in [0.25, 0.3) is 0 Å². The maximum Gasteiger partial charge on any atom is 0.416 e. The predicted molar refractivity (Wildman–Crippen MR) is 138 cm³/mol. The van der Waals surface area contributed by atoms with Gasteiger partial charge in [-0.2, -0.15) is 13.2 Å². The number of alkyl halides is 3. The second-order valence-electron chi connectivity index (χ2n) is 9.42. The van der Waals surface area contributed by atoms with Crippen molar-refractivity contribution in [1.29, 1.82) is 0 Å². The summed E-state index contributed by atoms with van der Waals surface area (Å²) in [5.74, 6) is 1.24. The van der Waals surface area contributed by atoms with Gasteiger partial charge >= 0.3 is 6.18 Å². The Balaban J connectivity index is 1.54. The van der Waals surface area contributed by atoms with E-state index in [0.717, 1.165) is 30.5 Å². The van der Waals surface area contributed by atoms with E-state index in [2.05, 4.69) is 42.5 Å². The topological polar surface area (TPSA) is 78.3 Å². The maximum atomic E-state index is 13.0. The van der Waals surface area contributed by atoms with E-state index < -0.39 is 11.7 Å². The lowest BCUT2D eigenvalue weighted by atomic mass is 10.0. The van der Waals surface area contributed by atoms with Crippen LogP contribution in [0.4, 0.5) is 13.2 Å². The second-order valence-corrected chi connectivity index (χ2v) is 9.42. The van der Waals surface area contributed by atoms with E-state index in [1.807, 2.05) is 6.07 Å². The minimum Gasteiger partial charge on any atom is -0.493 e. The van der Waals surface area contributed by atoms with Gasteiger partial charge in [-0.1, -0.05) is 35.9 Å².